The molecule has 1 saturated carbocycles. The molecule has 15 heavy (non-hydrogen) atoms. The van der Waals surface area contributed by atoms with Crippen molar-refractivity contribution in [1.82, 2.24) is 0 Å². The third-order valence-corrected chi connectivity index (χ3v) is 3.35. The Bertz CT molecular complexity index is 299. The normalized spacial score (nSPS) is 26.5. The summed E-state index contributed by atoms with van der Waals surface area (Å²) in [6.07, 6.45) is 4.99. The van der Waals surface area contributed by atoms with Crippen LogP contribution in [0.2, 0.25) is 0 Å². The first-order chi connectivity index (χ1) is 7.29. The molecule has 1 aromatic rings. The lowest BCUT2D eigenvalue weighted by Gasteiger charge is -2.27. The second kappa shape index (κ2) is 4.75. The summed E-state index contributed by atoms with van der Waals surface area (Å²) in [7, 11) is 1.78. The fraction of sp³-hybridized carbons (Fsp3) is 0.538. The molecule has 0 aliphatic heterocycles. The molecule has 0 radical (unpaired) electrons. The molecule has 2 rings (SSSR count). The van der Waals surface area contributed by atoms with Crippen LogP contribution in [0.15, 0.2) is 24.3 Å². The minimum Gasteiger partial charge on any atom is -0.381 e. The van der Waals surface area contributed by atoms with Crippen LogP contribution in [-0.2, 0) is 4.74 Å². The Morgan fingerprint density at radius 2 is 1.67 bits per heavy atom. The van der Waals surface area contributed by atoms with Gasteiger partial charge in [0, 0.05) is 7.11 Å². The Balaban J connectivity index is 1.98. The molecule has 82 valence electrons. The van der Waals surface area contributed by atoms with E-state index < -0.39 is 0 Å². The number of ether oxygens (including phenoxy) is 1. The zero-order valence-corrected chi connectivity index (χ0v) is 9.08. The first kappa shape index (κ1) is 10.6. The fourth-order valence-corrected chi connectivity index (χ4v) is 2.37. The van der Waals surface area contributed by atoms with Gasteiger partial charge in [-0.25, -0.2) is 4.39 Å². The van der Waals surface area contributed by atoms with Gasteiger partial charge in [-0.05, 0) is 49.3 Å². The lowest BCUT2D eigenvalue weighted by atomic mass is 9.83. The molecule has 1 aliphatic carbocycles. The molecule has 1 aliphatic rings. The van der Waals surface area contributed by atoms with Gasteiger partial charge < -0.3 is 4.74 Å². The van der Waals surface area contributed by atoms with Crippen molar-refractivity contribution in [3.63, 3.8) is 0 Å². The average Bonchev–Trinajstić information content (AvgIpc) is 2.30. The van der Waals surface area contributed by atoms with Crippen LogP contribution in [0.5, 0.6) is 0 Å². The predicted octanol–water partition coefficient (Wildman–Crippen LogP) is 3.50. The SMILES string of the molecule is COC1CCC(c2ccc(F)cc2)CC1. The lowest BCUT2D eigenvalue weighted by Crippen LogP contribution is -2.19. The van der Waals surface area contributed by atoms with Crippen molar-refractivity contribution in [2.75, 3.05) is 7.11 Å². The Morgan fingerprint density at radius 3 is 2.20 bits per heavy atom. The first-order valence-electron chi connectivity index (χ1n) is 5.58. The lowest BCUT2D eigenvalue weighted by molar-refractivity contribution is 0.0658. The Morgan fingerprint density at radius 1 is 1.07 bits per heavy atom. The molecule has 0 amide bonds. The van der Waals surface area contributed by atoms with Gasteiger partial charge in [0.15, 0.2) is 0 Å². The van der Waals surface area contributed by atoms with E-state index in [1.54, 1.807) is 19.2 Å². The van der Waals surface area contributed by atoms with Crippen LogP contribution in [0.25, 0.3) is 0 Å². The van der Waals surface area contributed by atoms with Gasteiger partial charge in [-0.15, -0.1) is 0 Å². The highest BCUT2D eigenvalue weighted by Gasteiger charge is 2.21. The summed E-state index contributed by atoms with van der Waals surface area (Å²) in [5.41, 5.74) is 1.27. The van der Waals surface area contributed by atoms with E-state index in [9.17, 15) is 4.39 Å². The molecule has 1 fully saturated rings. The molecular formula is C13H17FO. The fourth-order valence-electron chi connectivity index (χ4n) is 2.37. The van der Waals surface area contributed by atoms with Gasteiger partial charge >= 0.3 is 0 Å². The second-order valence-corrected chi connectivity index (χ2v) is 4.26. The summed E-state index contributed by atoms with van der Waals surface area (Å²) in [6.45, 7) is 0. The quantitative estimate of drug-likeness (QED) is 0.722. The third-order valence-electron chi connectivity index (χ3n) is 3.35. The maximum Gasteiger partial charge on any atom is 0.123 e. The molecule has 0 N–H and O–H groups in total. The zero-order chi connectivity index (χ0) is 10.7. The second-order valence-electron chi connectivity index (χ2n) is 4.26. The summed E-state index contributed by atoms with van der Waals surface area (Å²) in [5.74, 6) is 0.446. The topological polar surface area (TPSA) is 9.23 Å². The number of benzene rings is 1. The Kier molecular flexibility index (Phi) is 3.37. The maximum atomic E-state index is 12.8. The van der Waals surface area contributed by atoms with E-state index in [1.807, 2.05) is 12.1 Å². The van der Waals surface area contributed by atoms with Gasteiger partial charge in [0.25, 0.3) is 0 Å². The standard InChI is InChI=1S/C13H17FO/c1-15-13-8-4-11(5-9-13)10-2-6-12(14)7-3-10/h2-3,6-7,11,13H,4-5,8-9H2,1H3. The number of halogens is 1. The van der Waals surface area contributed by atoms with E-state index in [1.165, 1.54) is 5.56 Å². The average molecular weight is 208 g/mol. The summed E-state index contributed by atoms with van der Waals surface area (Å²) < 4.78 is 18.1. The molecule has 0 saturated heterocycles. The van der Waals surface area contributed by atoms with Crippen LogP contribution in [0.1, 0.15) is 37.2 Å². The molecule has 0 atom stereocenters. The zero-order valence-electron chi connectivity index (χ0n) is 9.08. The third kappa shape index (κ3) is 2.57. The van der Waals surface area contributed by atoms with Gasteiger partial charge in [-0.3, -0.25) is 0 Å². The summed E-state index contributed by atoms with van der Waals surface area (Å²) in [4.78, 5) is 0. The first-order valence-corrected chi connectivity index (χ1v) is 5.58. The molecular weight excluding hydrogens is 191 g/mol. The molecule has 0 heterocycles. The van der Waals surface area contributed by atoms with Gasteiger partial charge in [0.2, 0.25) is 0 Å². The largest absolute Gasteiger partial charge is 0.381 e. The van der Waals surface area contributed by atoms with Crippen LogP contribution in [0.4, 0.5) is 4.39 Å². The van der Waals surface area contributed by atoms with Crippen molar-refractivity contribution in [3.8, 4) is 0 Å². The Hall–Kier alpha value is -0.890. The highest BCUT2D eigenvalue weighted by Crippen LogP contribution is 2.33. The van der Waals surface area contributed by atoms with Crippen LogP contribution < -0.4 is 0 Å². The van der Waals surface area contributed by atoms with Crippen LogP contribution in [0, 0.1) is 5.82 Å². The molecule has 2 heteroatoms. The summed E-state index contributed by atoms with van der Waals surface area (Å²) in [6, 6.07) is 6.93. The van der Waals surface area contributed by atoms with E-state index in [0.29, 0.717) is 12.0 Å². The summed E-state index contributed by atoms with van der Waals surface area (Å²) in [5, 5.41) is 0. The molecule has 0 aromatic heterocycles. The monoisotopic (exact) mass is 208 g/mol. The number of hydrogen-bond donors (Lipinski definition) is 0. The van der Waals surface area contributed by atoms with E-state index in [2.05, 4.69) is 0 Å². The molecule has 0 spiro atoms. The molecule has 0 bridgehead atoms. The predicted molar refractivity (Wildman–Crippen MR) is 58.4 cm³/mol. The van der Waals surface area contributed by atoms with E-state index >= 15 is 0 Å². The van der Waals surface area contributed by atoms with Crippen molar-refractivity contribution in [3.05, 3.63) is 35.6 Å². The van der Waals surface area contributed by atoms with Crippen molar-refractivity contribution < 1.29 is 9.13 Å². The van der Waals surface area contributed by atoms with Gasteiger partial charge in [-0.2, -0.15) is 0 Å². The van der Waals surface area contributed by atoms with Crippen molar-refractivity contribution in [1.29, 1.82) is 0 Å². The Labute approximate surface area is 90.3 Å². The van der Waals surface area contributed by atoms with E-state index in [-0.39, 0.29) is 5.82 Å². The van der Waals surface area contributed by atoms with E-state index in [4.69, 9.17) is 4.74 Å². The number of rotatable bonds is 2. The van der Waals surface area contributed by atoms with Crippen LogP contribution in [0.3, 0.4) is 0 Å². The van der Waals surface area contributed by atoms with Gasteiger partial charge in [0.05, 0.1) is 6.10 Å². The van der Waals surface area contributed by atoms with Gasteiger partial charge in [0.1, 0.15) is 5.82 Å². The van der Waals surface area contributed by atoms with E-state index in [0.717, 1.165) is 25.7 Å². The van der Waals surface area contributed by atoms with Crippen LogP contribution in [-0.4, -0.2) is 13.2 Å². The molecule has 0 unspecified atom stereocenters. The van der Waals surface area contributed by atoms with Gasteiger partial charge in [-0.1, -0.05) is 12.1 Å². The highest BCUT2D eigenvalue weighted by atomic mass is 19.1. The van der Waals surface area contributed by atoms with Crippen LogP contribution >= 0.6 is 0 Å². The number of methoxy groups -OCH3 is 1. The maximum absolute atomic E-state index is 12.8. The smallest absolute Gasteiger partial charge is 0.123 e. The van der Waals surface area contributed by atoms with Crippen molar-refractivity contribution >= 4 is 0 Å². The number of hydrogen-bond acceptors (Lipinski definition) is 1. The summed E-state index contributed by atoms with van der Waals surface area (Å²) >= 11 is 0. The molecule has 1 aromatic carbocycles. The molecule has 1 nitrogen and oxygen atoms in total. The minimum absolute atomic E-state index is 0.149. The van der Waals surface area contributed by atoms with Crippen molar-refractivity contribution in [2.24, 2.45) is 0 Å². The highest BCUT2D eigenvalue weighted by molar-refractivity contribution is 5.20. The van der Waals surface area contributed by atoms with Crippen molar-refractivity contribution in [2.45, 2.75) is 37.7 Å². The minimum atomic E-state index is -0.149.